The van der Waals surface area contributed by atoms with Crippen LogP contribution < -0.4 is 10.2 Å². The van der Waals surface area contributed by atoms with E-state index < -0.39 is 0 Å². The fourth-order valence-electron chi connectivity index (χ4n) is 2.31. The van der Waals surface area contributed by atoms with E-state index >= 15 is 0 Å². The van der Waals surface area contributed by atoms with Crippen molar-refractivity contribution in [1.29, 1.82) is 0 Å². The lowest BCUT2D eigenvalue weighted by Crippen LogP contribution is -2.41. The Morgan fingerprint density at radius 3 is 3.06 bits per heavy atom. The van der Waals surface area contributed by atoms with E-state index in [1.165, 1.54) is 6.07 Å². The normalized spacial score (nSPS) is 20.2. The van der Waals surface area contributed by atoms with Crippen molar-refractivity contribution in [1.82, 2.24) is 5.32 Å². The monoisotopic (exact) mass is 252 g/mol. The molecular formula is C14H21FN2O. The molecular weight excluding hydrogens is 231 g/mol. The highest BCUT2D eigenvalue weighted by atomic mass is 19.1. The Bertz CT molecular complexity index is 397. The standard InChI is InChI=1S/C14H21FN2O/c1-3-16-9-12-13(15)5-4-6-14(12)17-7-8-18-11(2)10-17/h4-6,11,16H,3,7-10H2,1-2H3. The molecule has 0 radical (unpaired) electrons. The van der Waals surface area contributed by atoms with Crippen molar-refractivity contribution in [3.63, 3.8) is 0 Å². The van der Waals surface area contributed by atoms with Crippen LogP contribution in [-0.2, 0) is 11.3 Å². The minimum absolute atomic E-state index is 0.132. The molecule has 0 aliphatic carbocycles. The zero-order valence-corrected chi connectivity index (χ0v) is 11.1. The zero-order valence-electron chi connectivity index (χ0n) is 11.1. The predicted molar refractivity (Wildman–Crippen MR) is 71.4 cm³/mol. The van der Waals surface area contributed by atoms with Gasteiger partial charge in [-0.25, -0.2) is 4.39 Å². The Hall–Kier alpha value is -1.13. The lowest BCUT2D eigenvalue weighted by atomic mass is 10.1. The SMILES string of the molecule is CCNCc1c(F)cccc1N1CCOC(C)C1. The summed E-state index contributed by atoms with van der Waals surface area (Å²) in [6, 6.07) is 5.30. The second kappa shape index (κ2) is 6.16. The van der Waals surface area contributed by atoms with Gasteiger partial charge in [0.05, 0.1) is 12.7 Å². The van der Waals surface area contributed by atoms with Gasteiger partial charge >= 0.3 is 0 Å². The third-order valence-corrected chi connectivity index (χ3v) is 3.23. The van der Waals surface area contributed by atoms with Gasteiger partial charge in [0, 0.05) is 30.9 Å². The van der Waals surface area contributed by atoms with Crippen molar-refractivity contribution in [3.8, 4) is 0 Å². The van der Waals surface area contributed by atoms with Crippen LogP contribution >= 0.6 is 0 Å². The molecule has 1 unspecified atom stereocenters. The number of hydrogen-bond donors (Lipinski definition) is 1. The van der Waals surface area contributed by atoms with E-state index in [9.17, 15) is 4.39 Å². The first-order chi connectivity index (χ1) is 8.72. The van der Waals surface area contributed by atoms with Gasteiger partial charge in [-0.3, -0.25) is 0 Å². The van der Waals surface area contributed by atoms with E-state index in [1.54, 1.807) is 6.07 Å². The Balaban J connectivity index is 2.22. The number of benzene rings is 1. The fourth-order valence-corrected chi connectivity index (χ4v) is 2.31. The second-order valence-electron chi connectivity index (χ2n) is 4.65. The van der Waals surface area contributed by atoms with Gasteiger partial charge in [-0.1, -0.05) is 13.0 Å². The van der Waals surface area contributed by atoms with Crippen LogP contribution in [0, 0.1) is 5.82 Å². The van der Waals surface area contributed by atoms with E-state index in [0.717, 1.165) is 30.9 Å². The molecule has 3 nitrogen and oxygen atoms in total. The van der Waals surface area contributed by atoms with Gasteiger partial charge in [0.1, 0.15) is 5.82 Å². The molecule has 1 aliphatic heterocycles. The van der Waals surface area contributed by atoms with Crippen LogP contribution in [0.1, 0.15) is 19.4 Å². The molecule has 1 aromatic rings. The van der Waals surface area contributed by atoms with Crippen LogP contribution in [0.3, 0.4) is 0 Å². The molecule has 0 bridgehead atoms. The maximum atomic E-state index is 13.9. The number of halogens is 1. The molecule has 0 aromatic heterocycles. The van der Waals surface area contributed by atoms with Crippen molar-refractivity contribution in [2.24, 2.45) is 0 Å². The van der Waals surface area contributed by atoms with Gasteiger partial charge < -0.3 is 15.0 Å². The number of nitrogens with zero attached hydrogens (tertiary/aromatic N) is 1. The summed E-state index contributed by atoms with van der Waals surface area (Å²) < 4.78 is 19.5. The maximum absolute atomic E-state index is 13.9. The van der Waals surface area contributed by atoms with Crippen LogP contribution in [0.4, 0.5) is 10.1 Å². The van der Waals surface area contributed by atoms with Gasteiger partial charge in [-0.05, 0) is 25.6 Å². The number of hydrogen-bond acceptors (Lipinski definition) is 3. The highest BCUT2D eigenvalue weighted by molar-refractivity contribution is 5.54. The molecule has 4 heteroatoms. The van der Waals surface area contributed by atoms with E-state index in [2.05, 4.69) is 17.1 Å². The molecule has 1 aromatic carbocycles. The van der Waals surface area contributed by atoms with Crippen molar-refractivity contribution in [2.45, 2.75) is 26.5 Å². The molecule has 0 saturated carbocycles. The molecule has 100 valence electrons. The number of morpholine rings is 1. The topological polar surface area (TPSA) is 24.5 Å². The number of rotatable bonds is 4. The molecule has 1 saturated heterocycles. The first-order valence-electron chi connectivity index (χ1n) is 6.57. The molecule has 1 heterocycles. The number of nitrogens with one attached hydrogen (secondary N) is 1. The molecule has 1 aliphatic rings. The average Bonchev–Trinajstić information content (AvgIpc) is 2.37. The summed E-state index contributed by atoms with van der Waals surface area (Å²) in [4.78, 5) is 2.21. The van der Waals surface area contributed by atoms with Crippen molar-refractivity contribution in [3.05, 3.63) is 29.6 Å². The summed E-state index contributed by atoms with van der Waals surface area (Å²) in [6.07, 6.45) is 0.203. The minimum Gasteiger partial charge on any atom is -0.375 e. The number of ether oxygens (including phenoxy) is 1. The van der Waals surface area contributed by atoms with Crippen molar-refractivity contribution >= 4 is 5.69 Å². The highest BCUT2D eigenvalue weighted by Crippen LogP contribution is 2.25. The quantitative estimate of drug-likeness (QED) is 0.888. The Kier molecular flexibility index (Phi) is 4.55. The summed E-state index contributed by atoms with van der Waals surface area (Å²) in [5.74, 6) is -0.132. The zero-order chi connectivity index (χ0) is 13.0. The van der Waals surface area contributed by atoms with Crippen molar-refractivity contribution in [2.75, 3.05) is 31.1 Å². The molecule has 0 amide bonds. The highest BCUT2D eigenvalue weighted by Gasteiger charge is 2.20. The van der Waals surface area contributed by atoms with Crippen LogP contribution in [0.25, 0.3) is 0 Å². The van der Waals surface area contributed by atoms with Gasteiger partial charge in [0.25, 0.3) is 0 Å². The van der Waals surface area contributed by atoms with E-state index in [1.807, 2.05) is 13.0 Å². The average molecular weight is 252 g/mol. The number of anilines is 1. The van der Waals surface area contributed by atoms with E-state index in [0.29, 0.717) is 13.2 Å². The molecule has 18 heavy (non-hydrogen) atoms. The lowest BCUT2D eigenvalue weighted by molar-refractivity contribution is 0.0531. The van der Waals surface area contributed by atoms with E-state index in [4.69, 9.17) is 4.74 Å². The Labute approximate surface area is 108 Å². The summed E-state index contributed by atoms with van der Waals surface area (Å²) in [7, 11) is 0. The summed E-state index contributed by atoms with van der Waals surface area (Å²) in [5, 5.41) is 3.20. The summed E-state index contributed by atoms with van der Waals surface area (Å²) in [6.45, 7) is 7.85. The van der Waals surface area contributed by atoms with Gasteiger partial charge in [0.15, 0.2) is 0 Å². The van der Waals surface area contributed by atoms with Crippen molar-refractivity contribution < 1.29 is 9.13 Å². The molecule has 2 rings (SSSR count). The fraction of sp³-hybridized carbons (Fsp3) is 0.571. The second-order valence-corrected chi connectivity index (χ2v) is 4.65. The summed E-state index contributed by atoms with van der Waals surface area (Å²) in [5.41, 5.74) is 1.75. The smallest absolute Gasteiger partial charge is 0.129 e. The largest absolute Gasteiger partial charge is 0.375 e. The summed E-state index contributed by atoms with van der Waals surface area (Å²) >= 11 is 0. The van der Waals surface area contributed by atoms with Crippen LogP contribution in [0.5, 0.6) is 0 Å². The Morgan fingerprint density at radius 1 is 1.50 bits per heavy atom. The van der Waals surface area contributed by atoms with Crippen LogP contribution in [0.15, 0.2) is 18.2 Å². The predicted octanol–water partition coefficient (Wildman–Crippen LogP) is 2.16. The third kappa shape index (κ3) is 3.00. The van der Waals surface area contributed by atoms with Crippen LogP contribution in [0.2, 0.25) is 0 Å². The molecule has 1 fully saturated rings. The maximum Gasteiger partial charge on any atom is 0.129 e. The third-order valence-electron chi connectivity index (χ3n) is 3.23. The molecule has 1 atom stereocenters. The van der Waals surface area contributed by atoms with Gasteiger partial charge in [-0.15, -0.1) is 0 Å². The molecule has 0 spiro atoms. The first-order valence-corrected chi connectivity index (χ1v) is 6.57. The minimum atomic E-state index is -0.132. The first kappa shape index (κ1) is 13.3. The Morgan fingerprint density at radius 2 is 2.33 bits per heavy atom. The van der Waals surface area contributed by atoms with Gasteiger partial charge in [-0.2, -0.15) is 0 Å². The van der Waals surface area contributed by atoms with Crippen LogP contribution in [-0.4, -0.2) is 32.3 Å². The van der Waals surface area contributed by atoms with E-state index in [-0.39, 0.29) is 11.9 Å². The molecule has 1 N–H and O–H groups in total. The lowest BCUT2D eigenvalue weighted by Gasteiger charge is -2.34. The van der Waals surface area contributed by atoms with Gasteiger partial charge in [0.2, 0.25) is 0 Å².